The van der Waals surface area contributed by atoms with Crippen LogP contribution in [0, 0.1) is 22.9 Å². The first-order valence-electron chi connectivity index (χ1n) is 12.9. The number of anilines is 1. The van der Waals surface area contributed by atoms with Crippen molar-refractivity contribution in [1.29, 1.82) is 0 Å². The zero-order valence-electron chi connectivity index (χ0n) is 23.3. The molecular formula is C29H33FN4O6S. The number of rotatable bonds is 12. The summed E-state index contributed by atoms with van der Waals surface area (Å²) < 4.78 is 40.3. The molecule has 0 unspecified atom stereocenters. The molecule has 0 bridgehead atoms. The van der Waals surface area contributed by atoms with Crippen LogP contribution in [0.15, 0.2) is 72.8 Å². The number of amides is 2. The summed E-state index contributed by atoms with van der Waals surface area (Å²) in [7, 11) is -4.10. The summed E-state index contributed by atoms with van der Waals surface area (Å²) in [6, 6.07) is 16.9. The number of nitro groups is 1. The van der Waals surface area contributed by atoms with Crippen LogP contribution in [-0.4, -0.2) is 54.9 Å². The summed E-state index contributed by atoms with van der Waals surface area (Å²) in [6.07, 6.45) is 1.02. The van der Waals surface area contributed by atoms with E-state index >= 15 is 0 Å². The largest absolute Gasteiger partial charge is 0.352 e. The third-order valence-electron chi connectivity index (χ3n) is 6.32. The average molecular weight is 585 g/mol. The van der Waals surface area contributed by atoms with E-state index in [9.17, 15) is 32.5 Å². The highest BCUT2D eigenvalue weighted by Crippen LogP contribution is 2.28. The molecule has 0 saturated carbocycles. The second-order valence-corrected chi connectivity index (χ2v) is 11.9. The number of carbonyl (C=O) groups excluding carboxylic acids is 2. The number of aryl methyl sites for hydroxylation is 1. The number of nitrogens with zero attached hydrogens (tertiary/aromatic N) is 3. The first kappa shape index (κ1) is 31.2. The van der Waals surface area contributed by atoms with Crippen LogP contribution in [0.2, 0.25) is 0 Å². The van der Waals surface area contributed by atoms with Gasteiger partial charge in [-0.15, -0.1) is 0 Å². The Morgan fingerprint density at radius 1 is 1.00 bits per heavy atom. The summed E-state index contributed by atoms with van der Waals surface area (Å²) >= 11 is 0. The fourth-order valence-electron chi connectivity index (χ4n) is 4.30. The minimum atomic E-state index is -4.10. The van der Waals surface area contributed by atoms with Gasteiger partial charge < -0.3 is 10.2 Å². The van der Waals surface area contributed by atoms with Crippen LogP contribution < -0.4 is 9.62 Å². The minimum absolute atomic E-state index is 0.0250. The van der Waals surface area contributed by atoms with Gasteiger partial charge in [0.15, 0.2) is 0 Å². The van der Waals surface area contributed by atoms with E-state index in [1.807, 2.05) is 18.2 Å². The van der Waals surface area contributed by atoms with Gasteiger partial charge in [-0.05, 0) is 49.6 Å². The molecule has 0 radical (unpaired) electrons. The molecule has 0 aliphatic heterocycles. The van der Waals surface area contributed by atoms with E-state index in [1.54, 1.807) is 32.9 Å². The van der Waals surface area contributed by atoms with Crippen molar-refractivity contribution in [2.75, 3.05) is 17.1 Å². The summed E-state index contributed by atoms with van der Waals surface area (Å²) in [5.74, 6) is -1.64. The van der Waals surface area contributed by atoms with Crippen LogP contribution in [0.3, 0.4) is 0 Å². The van der Waals surface area contributed by atoms with Crippen LogP contribution in [0.25, 0.3) is 0 Å². The summed E-state index contributed by atoms with van der Waals surface area (Å²) in [4.78, 5) is 39.6. The highest BCUT2D eigenvalue weighted by Gasteiger charge is 2.34. The Bertz CT molecular complexity index is 1500. The lowest BCUT2D eigenvalue weighted by atomic mass is 10.0. The molecule has 3 aromatic rings. The Morgan fingerprint density at radius 3 is 2.20 bits per heavy atom. The number of sulfonamides is 1. The molecule has 2 amide bonds. The molecule has 0 heterocycles. The molecule has 0 spiro atoms. The number of benzene rings is 3. The number of carbonyl (C=O) groups is 2. The van der Waals surface area contributed by atoms with Gasteiger partial charge in [-0.3, -0.25) is 24.0 Å². The molecule has 3 aromatic carbocycles. The van der Waals surface area contributed by atoms with Crippen molar-refractivity contribution in [2.45, 2.75) is 45.8 Å². The molecule has 218 valence electrons. The fraction of sp³-hybridized carbons (Fsp3) is 0.310. The quantitative estimate of drug-likeness (QED) is 0.253. The van der Waals surface area contributed by atoms with E-state index in [2.05, 4.69) is 5.32 Å². The predicted octanol–water partition coefficient (Wildman–Crippen LogP) is 3.97. The number of nitro benzene ring substituents is 1. The van der Waals surface area contributed by atoms with Gasteiger partial charge >= 0.3 is 0 Å². The molecule has 1 atom stereocenters. The number of nitrogens with one attached hydrogen (secondary N) is 1. The van der Waals surface area contributed by atoms with Crippen molar-refractivity contribution in [2.24, 2.45) is 0 Å². The third kappa shape index (κ3) is 8.58. The molecule has 0 aromatic heterocycles. The molecule has 1 N–H and O–H groups in total. The van der Waals surface area contributed by atoms with E-state index in [0.29, 0.717) is 11.1 Å². The molecule has 0 saturated heterocycles. The second-order valence-electron chi connectivity index (χ2n) is 10.0. The van der Waals surface area contributed by atoms with Crippen molar-refractivity contribution in [1.82, 2.24) is 10.2 Å². The van der Waals surface area contributed by atoms with Crippen LogP contribution in [-0.2, 0) is 32.6 Å². The van der Waals surface area contributed by atoms with Crippen molar-refractivity contribution in [3.8, 4) is 0 Å². The van der Waals surface area contributed by atoms with Crippen molar-refractivity contribution in [3.63, 3.8) is 0 Å². The van der Waals surface area contributed by atoms with E-state index in [0.717, 1.165) is 22.2 Å². The van der Waals surface area contributed by atoms with Crippen LogP contribution in [0.4, 0.5) is 15.8 Å². The maximum Gasteiger partial charge on any atom is 0.271 e. The standard InChI is InChI=1S/C29H33FN4O6S/c1-20(2)31-29(36)27(16-22-8-6-5-7-9-22)32(18-23-11-13-24(30)14-12-23)28(35)19-33(41(4,39)40)26-17-25(34(37)38)15-10-21(26)3/h5-15,17,20,27H,16,18-19H2,1-4H3,(H,31,36)/t27-/m1/s1. The van der Waals surface area contributed by atoms with E-state index in [4.69, 9.17) is 0 Å². The molecule has 10 nitrogen and oxygen atoms in total. The van der Waals surface area contributed by atoms with Crippen LogP contribution in [0.5, 0.6) is 0 Å². The highest BCUT2D eigenvalue weighted by atomic mass is 32.2. The smallest absolute Gasteiger partial charge is 0.271 e. The first-order chi connectivity index (χ1) is 19.3. The van der Waals surface area contributed by atoms with E-state index in [1.165, 1.54) is 41.3 Å². The summed E-state index contributed by atoms with van der Waals surface area (Å²) in [5.41, 5.74) is 1.32. The Kier molecular flexibility index (Phi) is 10.2. The third-order valence-corrected chi connectivity index (χ3v) is 7.45. The maximum atomic E-state index is 14.0. The fourth-order valence-corrected chi connectivity index (χ4v) is 5.19. The molecule has 0 aliphatic rings. The van der Waals surface area contributed by atoms with Gasteiger partial charge in [0.1, 0.15) is 18.4 Å². The van der Waals surface area contributed by atoms with E-state index in [-0.39, 0.29) is 30.4 Å². The minimum Gasteiger partial charge on any atom is -0.352 e. The number of hydrogen-bond donors (Lipinski definition) is 1. The number of hydrogen-bond acceptors (Lipinski definition) is 6. The first-order valence-corrected chi connectivity index (χ1v) is 14.7. The maximum absolute atomic E-state index is 14.0. The lowest BCUT2D eigenvalue weighted by molar-refractivity contribution is -0.384. The van der Waals surface area contributed by atoms with Gasteiger partial charge in [-0.1, -0.05) is 48.5 Å². The predicted molar refractivity (Wildman–Crippen MR) is 154 cm³/mol. The SMILES string of the molecule is Cc1ccc([N+](=O)[O-])cc1N(CC(=O)N(Cc1ccc(F)cc1)[C@H](Cc1ccccc1)C(=O)NC(C)C)S(C)(=O)=O. The Hall–Kier alpha value is -4.32. The zero-order valence-corrected chi connectivity index (χ0v) is 24.1. The Labute approximate surface area is 239 Å². The van der Waals surface area contributed by atoms with Crippen LogP contribution in [0.1, 0.15) is 30.5 Å². The van der Waals surface area contributed by atoms with Gasteiger partial charge in [-0.2, -0.15) is 0 Å². The second kappa shape index (κ2) is 13.4. The molecular weight excluding hydrogens is 551 g/mol. The molecule has 12 heteroatoms. The monoisotopic (exact) mass is 584 g/mol. The average Bonchev–Trinajstić information content (AvgIpc) is 2.90. The number of halogens is 1. The topological polar surface area (TPSA) is 130 Å². The van der Waals surface area contributed by atoms with Gasteiger partial charge in [0.25, 0.3) is 5.69 Å². The molecule has 0 fully saturated rings. The number of non-ortho nitro benzene ring substituents is 1. The van der Waals surface area contributed by atoms with Crippen molar-refractivity contribution < 1.29 is 27.3 Å². The Balaban J connectivity index is 2.10. The van der Waals surface area contributed by atoms with Crippen molar-refractivity contribution >= 4 is 33.2 Å². The van der Waals surface area contributed by atoms with Crippen LogP contribution >= 0.6 is 0 Å². The molecule has 3 rings (SSSR count). The normalized spacial score (nSPS) is 12.0. The summed E-state index contributed by atoms with van der Waals surface area (Å²) in [6.45, 7) is 4.29. The van der Waals surface area contributed by atoms with Gasteiger partial charge in [0.05, 0.1) is 16.9 Å². The molecule has 0 aliphatic carbocycles. The Morgan fingerprint density at radius 2 is 1.63 bits per heavy atom. The lowest BCUT2D eigenvalue weighted by Crippen LogP contribution is -2.54. The molecule has 41 heavy (non-hydrogen) atoms. The van der Waals surface area contributed by atoms with Gasteiger partial charge in [-0.25, -0.2) is 12.8 Å². The van der Waals surface area contributed by atoms with Gasteiger partial charge in [0, 0.05) is 31.1 Å². The lowest BCUT2D eigenvalue weighted by Gasteiger charge is -2.34. The van der Waals surface area contributed by atoms with E-state index < -0.39 is 45.2 Å². The summed E-state index contributed by atoms with van der Waals surface area (Å²) in [5, 5.41) is 14.2. The van der Waals surface area contributed by atoms with Crippen molar-refractivity contribution in [3.05, 3.63) is 105 Å². The zero-order chi connectivity index (χ0) is 30.3. The van der Waals surface area contributed by atoms with Gasteiger partial charge in [0.2, 0.25) is 21.8 Å². The highest BCUT2D eigenvalue weighted by molar-refractivity contribution is 7.92.